The third kappa shape index (κ3) is 2.94. The van der Waals surface area contributed by atoms with Crippen molar-refractivity contribution in [2.45, 2.75) is 56.5 Å². The molecule has 90 valence electrons. The second-order valence-corrected chi connectivity index (χ2v) is 7.32. The molecule has 0 saturated heterocycles. The molecule has 1 saturated carbocycles. The van der Waals surface area contributed by atoms with Crippen LogP contribution in [0.25, 0.3) is 0 Å². The number of nitrogens with two attached hydrogens (primary N) is 1. The Balaban J connectivity index is 2.79. The number of hydrogen-bond acceptors (Lipinski definition) is 3. The van der Waals surface area contributed by atoms with E-state index in [9.17, 15) is 8.42 Å². The van der Waals surface area contributed by atoms with Crippen LogP contribution in [0.15, 0.2) is 0 Å². The molecular weight excluding hydrogens is 210 g/mol. The van der Waals surface area contributed by atoms with E-state index in [2.05, 4.69) is 0 Å². The lowest BCUT2D eigenvalue weighted by Gasteiger charge is -2.28. The summed E-state index contributed by atoms with van der Waals surface area (Å²) in [4.78, 5) is 0. The molecule has 0 amide bonds. The molecule has 15 heavy (non-hydrogen) atoms. The Kier molecular flexibility index (Phi) is 4.59. The fourth-order valence-electron chi connectivity index (χ4n) is 2.43. The Morgan fingerprint density at radius 3 is 2.13 bits per heavy atom. The van der Waals surface area contributed by atoms with Crippen LogP contribution in [0.2, 0.25) is 0 Å². The van der Waals surface area contributed by atoms with Crippen LogP contribution in [0.4, 0.5) is 0 Å². The molecular formula is C11H23NO2S. The van der Waals surface area contributed by atoms with Crippen LogP contribution < -0.4 is 5.73 Å². The first-order valence-corrected chi connectivity index (χ1v) is 7.54. The standard InChI is InChI=1S/C11H23NO2S/c1-9(2)11(8-12)15(13,14)10-6-4-3-5-7-10/h9-11H,3-8,12H2,1-2H3. The Morgan fingerprint density at radius 1 is 1.20 bits per heavy atom. The minimum absolute atomic E-state index is 0.123. The fourth-order valence-corrected chi connectivity index (χ4v) is 4.94. The van der Waals surface area contributed by atoms with Crippen molar-refractivity contribution in [2.75, 3.05) is 6.54 Å². The first kappa shape index (κ1) is 13.0. The van der Waals surface area contributed by atoms with Gasteiger partial charge in [0.05, 0.1) is 10.5 Å². The van der Waals surface area contributed by atoms with Crippen molar-refractivity contribution in [2.24, 2.45) is 11.7 Å². The van der Waals surface area contributed by atoms with Gasteiger partial charge < -0.3 is 5.73 Å². The third-order valence-corrected chi connectivity index (χ3v) is 6.40. The summed E-state index contributed by atoms with van der Waals surface area (Å²) in [6.07, 6.45) is 4.97. The lowest BCUT2D eigenvalue weighted by Crippen LogP contribution is -2.41. The van der Waals surface area contributed by atoms with Gasteiger partial charge in [0.15, 0.2) is 9.84 Å². The summed E-state index contributed by atoms with van der Waals surface area (Å²) < 4.78 is 24.6. The van der Waals surface area contributed by atoms with E-state index < -0.39 is 9.84 Å². The van der Waals surface area contributed by atoms with Crippen LogP contribution in [0, 0.1) is 5.92 Å². The molecule has 1 aliphatic rings. The highest BCUT2D eigenvalue weighted by atomic mass is 32.2. The minimum Gasteiger partial charge on any atom is -0.329 e. The topological polar surface area (TPSA) is 60.2 Å². The van der Waals surface area contributed by atoms with Gasteiger partial charge in [0.2, 0.25) is 0 Å². The maximum atomic E-state index is 12.3. The SMILES string of the molecule is CC(C)C(CN)S(=O)(=O)C1CCCCC1. The molecule has 0 radical (unpaired) electrons. The molecule has 1 fully saturated rings. The minimum atomic E-state index is -3.00. The van der Waals surface area contributed by atoms with E-state index in [1.807, 2.05) is 13.8 Å². The summed E-state index contributed by atoms with van der Waals surface area (Å²) >= 11 is 0. The summed E-state index contributed by atoms with van der Waals surface area (Å²) in [5.74, 6) is 0.127. The predicted octanol–water partition coefficient (Wildman–Crippen LogP) is 1.72. The van der Waals surface area contributed by atoms with E-state index in [4.69, 9.17) is 5.73 Å². The molecule has 0 aromatic carbocycles. The third-order valence-electron chi connectivity index (χ3n) is 3.41. The van der Waals surface area contributed by atoms with E-state index in [0.717, 1.165) is 25.7 Å². The van der Waals surface area contributed by atoms with E-state index >= 15 is 0 Å². The second kappa shape index (κ2) is 5.30. The lowest BCUT2D eigenvalue weighted by atomic mass is 10.0. The molecule has 0 bridgehead atoms. The van der Waals surface area contributed by atoms with Crippen molar-refractivity contribution >= 4 is 9.84 Å². The molecule has 1 unspecified atom stereocenters. The van der Waals surface area contributed by atoms with Crippen LogP contribution in [0.1, 0.15) is 46.0 Å². The summed E-state index contributed by atoms with van der Waals surface area (Å²) in [5, 5.41) is -0.470. The predicted molar refractivity (Wildman–Crippen MR) is 63.5 cm³/mol. The van der Waals surface area contributed by atoms with Gasteiger partial charge in [0.25, 0.3) is 0 Å². The summed E-state index contributed by atoms with van der Waals surface area (Å²) in [6.45, 7) is 4.15. The molecule has 0 aromatic rings. The smallest absolute Gasteiger partial charge is 0.157 e. The molecule has 2 N–H and O–H groups in total. The number of sulfone groups is 1. The molecule has 0 aromatic heterocycles. The van der Waals surface area contributed by atoms with Gasteiger partial charge in [-0.25, -0.2) is 8.42 Å². The van der Waals surface area contributed by atoms with Crippen molar-refractivity contribution in [1.82, 2.24) is 0 Å². The van der Waals surface area contributed by atoms with Gasteiger partial charge in [-0.3, -0.25) is 0 Å². The van der Waals surface area contributed by atoms with Gasteiger partial charge >= 0.3 is 0 Å². The van der Waals surface area contributed by atoms with Gasteiger partial charge in [0, 0.05) is 6.54 Å². The molecule has 0 spiro atoms. The zero-order valence-corrected chi connectivity index (χ0v) is 10.6. The van der Waals surface area contributed by atoms with Gasteiger partial charge in [-0.1, -0.05) is 33.1 Å². The summed E-state index contributed by atoms with van der Waals surface area (Å²) in [7, 11) is -3.00. The maximum absolute atomic E-state index is 12.3. The van der Waals surface area contributed by atoms with Crippen molar-refractivity contribution < 1.29 is 8.42 Å². The quantitative estimate of drug-likeness (QED) is 0.804. The molecule has 4 heteroatoms. The summed E-state index contributed by atoms with van der Waals surface area (Å²) in [6, 6.07) is 0. The Morgan fingerprint density at radius 2 is 1.73 bits per heavy atom. The van der Waals surface area contributed by atoms with Crippen molar-refractivity contribution in [1.29, 1.82) is 0 Å². The highest BCUT2D eigenvalue weighted by Crippen LogP contribution is 2.28. The van der Waals surface area contributed by atoms with Crippen LogP contribution in [0.3, 0.4) is 0 Å². The first-order valence-electron chi connectivity index (χ1n) is 5.93. The van der Waals surface area contributed by atoms with Gasteiger partial charge in [-0.2, -0.15) is 0 Å². The molecule has 1 atom stereocenters. The summed E-state index contributed by atoms with van der Waals surface area (Å²) in [5.41, 5.74) is 5.59. The average molecular weight is 233 g/mol. The zero-order valence-electron chi connectivity index (χ0n) is 9.78. The first-order chi connectivity index (χ1) is 7.00. The van der Waals surface area contributed by atoms with E-state index in [-0.39, 0.29) is 23.0 Å². The van der Waals surface area contributed by atoms with Crippen LogP contribution >= 0.6 is 0 Å². The molecule has 1 aliphatic carbocycles. The second-order valence-electron chi connectivity index (χ2n) is 4.87. The maximum Gasteiger partial charge on any atom is 0.157 e. The van der Waals surface area contributed by atoms with Crippen molar-refractivity contribution in [3.05, 3.63) is 0 Å². The fraction of sp³-hybridized carbons (Fsp3) is 1.00. The average Bonchev–Trinajstić information content (AvgIpc) is 2.19. The Bertz CT molecular complexity index is 279. The number of rotatable bonds is 4. The Labute approximate surface area is 93.3 Å². The highest BCUT2D eigenvalue weighted by molar-refractivity contribution is 7.92. The molecule has 0 aliphatic heterocycles. The van der Waals surface area contributed by atoms with E-state index in [0.29, 0.717) is 0 Å². The molecule has 0 heterocycles. The zero-order chi connectivity index (χ0) is 11.5. The van der Waals surface area contributed by atoms with Gasteiger partial charge in [-0.15, -0.1) is 0 Å². The lowest BCUT2D eigenvalue weighted by molar-refractivity contribution is 0.464. The van der Waals surface area contributed by atoms with Gasteiger partial charge in [-0.05, 0) is 18.8 Å². The van der Waals surface area contributed by atoms with Crippen LogP contribution in [-0.4, -0.2) is 25.5 Å². The largest absolute Gasteiger partial charge is 0.329 e. The monoisotopic (exact) mass is 233 g/mol. The van der Waals surface area contributed by atoms with Crippen molar-refractivity contribution in [3.63, 3.8) is 0 Å². The van der Waals surface area contributed by atoms with Gasteiger partial charge in [0.1, 0.15) is 0 Å². The van der Waals surface area contributed by atoms with E-state index in [1.165, 1.54) is 6.42 Å². The van der Waals surface area contributed by atoms with Crippen LogP contribution in [-0.2, 0) is 9.84 Å². The van der Waals surface area contributed by atoms with Crippen molar-refractivity contribution in [3.8, 4) is 0 Å². The normalized spacial score (nSPS) is 21.9. The highest BCUT2D eigenvalue weighted by Gasteiger charge is 2.35. The molecule has 3 nitrogen and oxygen atoms in total. The van der Waals surface area contributed by atoms with Crippen LogP contribution in [0.5, 0.6) is 0 Å². The van der Waals surface area contributed by atoms with E-state index in [1.54, 1.807) is 0 Å². The Hall–Kier alpha value is -0.0900. The number of hydrogen-bond donors (Lipinski definition) is 1. The molecule has 1 rings (SSSR count).